The summed E-state index contributed by atoms with van der Waals surface area (Å²) in [5.41, 5.74) is 0. The Labute approximate surface area is 201 Å². The van der Waals surface area contributed by atoms with E-state index in [-0.39, 0.29) is 35.8 Å². The molecule has 2 aromatic carbocycles. The highest BCUT2D eigenvalue weighted by Crippen LogP contribution is 2.25. The van der Waals surface area contributed by atoms with Crippen molar-refractivity contribution in [1.29, 1.82) is 0 Å². The molecule has 0 spiro atoms. The van der Waals surface area contributed by atoms with E-state index in [0.29, 0.717) is 26.2 Å². The molecular formula is C25H32N4O4S. The molecule has 3 aliphatic rings. The van der Waals surface area contributed by atoms with Gasteiger partial charge in [-0.2, -0.15) is 4.31 Å². The number of carbonyl (C=O) groups is 2. The largest absolute Gasteiger partial charge is 0.340 e. The van der Waals surface area contributed by atoms with E-state index in [1.165, 1.54) is 4.31 Å². The molecule has 0 aliphatic carbocycles. The summed E-state index contributed by atoms with van der Waals surface area (Å²) in [5.74, 6) is -0.161. The lowest BCUT2D eigenvalue weighted by molar-refractivity contribution is -0.138. The predicted octanol–water partition coefficient (Wildman–Crippen LogP) is 2.60. The van der Waals surface area contributed by atoms with Gasteiger partial charge in [0.05, 0.1) is 10.8 Å². The average molecular weight is 485 g/mol. The summed E-state index contributed by atoms with van der Waals surface area (Å²) < 4.78 is 27.9. The third-order valence-electron chi connectivity index (χ3n) is 7.33. The first-order chi connectivity index (χ1) is 16.4. The normalized spacial score (nSPS) is 22.4. The van der Waals surface area contributed by atoms with Crippen LogP contribution in [0.5, 0.6) is 0 Å². The highest BCUT2D eigenvalue weighted by Gasteiger charge is 2.36. The van der Waals surface area contributed by atoms with Crippen LogP contribution in [-0.4, -0.2) is 91.7 Å². The Kier molecular flexibility index (Phi) is 6.48. The molecule has 0 bridgehead atoms. The second kappa shape index (κ2) is 9.54. The lowest BCUT2D eigenvalue weighted by Gasteiger charge is -2.39. The van der Waals surface area contributed by atoms with Gasteiger partial charge in [0.25, 0.3) is 0 Å². The third kappa shape index (κ3) is 4.51. The van der Waals surface area contributed by atoms with Crippen LogP contribution in [0.15, 0.2) is 47.4 Å². The molecule has 3 saturated heterocycles. The summed E-state index contributed by atoms with van der Waals surface area (Å²) in [7, 11) is -3.62. The van der Waals surface area contributed by atoms with Crippen molar-refractivity contribution >= 4 is 32.7 Å². The van der Waals surface area contributed by atoms with Gasteiger partial charge in [0.15, 0.2) is 0 Å². The molecule has 0 radical (unpaired) electrons. The lowest BCUT2D eigenvalue weighted by atomic mass is 9.96. The highest BCUT2D eigenvalue weighted by molar-refractivity contribution is 7.89. The van der Waals surface area contributed by atoms with Crippen LogP contribution < -0.4 is 0 Å². The molecule has 9 heteroatoms. The smallest absolute Gasteiger partial charge is 0.320 e. The summed E-state index contributed by atoms with van der Waals surface area (Å²) in [6, 6.07) is 13.0. The Balaban J connectivity index is 1.20. The maximum Gasteiger partial charge on any atom is 0.320 e. The van der Waals surface area contributed by atoms with E-state index in [0.717, 1.165) is 49.5 Å². The van der Waals surface area contributed by atoms with Gasteiger partial charge in [0.1, 0.15) is 0 Å². The maximum absolute atomic E-state index is 13.2. The van der Waals surface area contributed by atoms with Crippen molar-refractivity contribution in [1.82, 2.24) is 19.0 Å². The lowest BCUT2D eigenvalue weighted by Crippen LogP contribution is -2.54. The third-order valence-corrected chi connectivity index (χ3v) is 9.22. The van der Waals surface area contributed by atoms with Gasteiger partial charge in [-0.1, -0.05) is 30.3 Å². The van der Waals surface area contributed by atoms with Gasteiger partial charge in [0.2, 0.25) is 15.9 Å². The number of hydrogen-bond acceptors (Lipinski definition) is 4. The minimum Gasteiger partial charge on any atom is -0.340 e. The van der Waals surface area contributed by atoms with Crippen LogP contribution in [0.2, 0.25) is 0 Å². The number of benzene rings is 2. The van der Waals surface area contributed by atoms with Gasteiger partial charge in [-0.3, -0.25) is 4.79 Å². The van der Waals surface area contributed by atoms with E-state index < -0.39 is 10.0 Å². The van der Waals surface area contributed by atoms with Crippen LogP contribution in [0.3, 0.4) is 0 Å². The Morgan fingerprint density at radius 3 is 2.15 bits per heavy atom. The molecule has 0 aromatic heterocycles. The molecule has 3 heterocycles. The van der Waals surface area contributed by atoms with Crippen LogP contribution in [0.25, 0.3) is 10.8 Å². The van der Waals surface area contributed by atoms with Gasteiger partial charge >= 0.3 is 6.03 Å². The standard InChI is InChI=1S/C25H32N4O4S/c30-24(22-8-5-13-28(19-22)25(31)27-11-3-4-12-27)26-14-16-29(17-15-26)34(32,33)23-10-9-20-6-1-2-7-21(20)18-23/h1-2,6-7,9-10,18,22H,3-5,8,11-17,19H2/t22-/m1/s1. The molecule has 182 valence electrons. The molecule has 0 N–H and O–H groups in total. The van der Waals surface area contributed by atoms with Gasteiger partial charge < -0.3 is 14.7 Å². The van der Waals surface area contributed by atoms with Crippen LogP contribution >= 0.6 is 0 Å². The predicted molar refractivity (Wildman–Crippen MR) is 130 cm³/mol. The first kappa shape index (κ1) is 23.1. The number of piperazine rings is 1. The molecule has 1 atom stereocenters. The second-order valence-electron chi connectivity index (χ2n) is 9.50. The highest BCUT2D eigenvalue weighted by atomic mass is 32.2. The van der Waals surface area contributed by atoms with E-state index in [9.17, 15) is 18.0 Å². The monoisotopic (exact) mass is 484 g/mol. The van der Waals surface area contributed by atoms with Gasteiger partial charge in [-0.05, 0) is 48.6 Å². The first-order valence-corrected chi connectivity index (χ1v) is 13.7. The number of piperidine rings is 1. The van der Waals surface area contributed by atoms with E-state index in [1.54, 1.807) is 17.0 Å². The Morgan fingerprint density at radius 2 is 1.41 bits per heavy atom. The number of fused-ring (bicyclic) bond motifs is 1. The SMILES string of the molecule is O=C([C@@H]1CCCN(C(=O)N2CCCC2)C1)N1CCN(S(=O)(=O)c2ccc3ccccc3c2)CC1. The number of amides is 3. The Morgan fingerprint density at radius 1 is 0.735 bits per heavy atom. The van der Waals surface area contributed by atoms with Gasteiger partial charge in [-0.15, -0.1) is 0 Å². The van der Waals surface area contributed by atoms with Crippen molar-refractivity contribution in [3.8, 4) is 0 Å². The fraction of sp³-hybridized carbons (Fsp3) is 0.520. The maximum atomic E-state index is 13.2. The van der Waals surface area contributed by atoms with E-state index in [1.807, 2.05) is 40.1 Å². The fourth-order valence-electron chi connectivity index (χ4n) is 5.34. The molecule has 2 aromatic rings. The van der Waals surface area contributed by atoms with Crippen LogP contribution in [0.4, 0.5) is 4.79 Å². The minimum atomic E-state index is -3.62. The molecule has 5 rings (SSSR count). The first-order valence-electron chi connectivity index (χ1n) is 12.2. The molecule has 8 nitrogen and oxygen atoms in total. The molecular weight excluding hydrogens is 452 g/mol. The van der Waals surface area contributed by atoms with Crippen LogP contribution in [0.1, 0.15) is 25.7 Å². The summed E-state index contributed by atoms with van der Waals surface area (Å²) in [4.78, 5) is 31.8. The summed E-state index contributed by atoms with van der Waals surface area (Å²) >= 11 is 0. The molecule has 0 saturated carbocycles. The zero-order valence-corrected chi connectivity index (χ0v) is 20.3. The molecule has 3 amide bonds. The van der Waals surface area contributed by atoms with E-state index in [4.69, 9.17) is 0 Å². The van der Waals surface area contributed by atoms with Crippen molar-refractivity contribution < 1.29 is 18.0 Å². The van der Waals surface area contributed by atoms with Crippen molar-refractivity contribution in [2.75, 3.05) is 52.4 Å². The quantitative estimate of drug-likeness (QED) is 0.671. The van der Waals surface area contributed by atoms with Crippen LogP contribution in [0, 0.1) is 5.92 Å². The molecule has 0 unspecified atom stereocenters. The zero-order chi connectivity index (χ0) is 23.7. The number of hydrogen-bond donors (Lipinski definition) is 0. The number of rotatable bonds is 3. The number of sulfonamides is 1. The topological polar surface area (TPSA) is 81.2 Å². The summed E-state index contributed by atoms with van der Waals surface area (Å²) in [6.45, 7) is 4.10. The number of urea groups is 1. The number of carbonyl (C=O) groups excluding carboxylic acids is 2. The van der Waals surface area contributed by atoms with Gasteiger partial charge in [0, 0.05) is 52.4 Å². The number of likely N-dealkylation sites (tertiary alicyclic amines) is 2. The second-order valence-corrected chi connectivity index (χ2v) is 11.4. The summed E-state index contributed by atoms with van der Waals surface area (Å²) in [6.07, 6.45) is 3.70. The van der Waals surface area contributed by atoms with Gasteiger partial charge in [-0.25, -0.2) is 13.2 Å². The molecule has 34 heavy (non-hydrogen) atoms. The average Bonchev–Trinajstić information content (AvgIpc) is 3.43. The van der Waals surface area contributed by atoms with Crippen molar-refractivity contribution in [2.45, 2.75) is 30.6 Å². The van der Waals surface area contributed by atoms with Crippen molar-refractivity contribution in [2.24, 2.45) is 5.92 Å². The summed E-state index contributed by atoms with van der Waals surface area (Å²) in [5, 5.41) is 1.89. The van der Waals surface area contributed by atoms with Crippen LogP contribution in [-0.2, 0) is 14.8 Å². The minimum absolute atomic E-state index is 0.0432. The Hall–Kier alpha value is -2.65. The number of nitrogens with zero attached hydrogens (tertiary/aromatic N) is 4. The van der Waals surface area contributed by atoms with E-state index in [2.05, 4.69) is 0 Å². The fourth-order valence-corrected chi connectivity index (χ4v) is 6.80. The van der Waals surface area contributed by atoms with E-state index >= 15 is 0 Å². The molecule has 3 aliphatic heterocycles. The Bertz CT molecular complexity index is 1170. The van der Waals surface area contributed by atoms with Crippen molar-refractivity contribution in [3.63, 3.8) is 0 Å². The molecule has 3 fully saturated rings. The van der Waals surface area contributed by atoms with Crippen molar-refractivity contribution in [3.05, 3.63) is 42.5 Å². The zero-order valence-electron chi connectivity index (χ0n) is 19.4.